The Labute approximate surface area is 102 Å². The van der Waals surface area contributed by atoms with Crippen molar-refractivity contribution in [2.75, 3.05) is 6.54 Å². The van der Waals surface area contributed by atoms with E-state index in [0.717, 1.165) is 18.7 Å². The number of benzene rings is 1. The van der Waals surface area contributed by atoms with Crippen molar-refractivity contribution in [2.45, 2.75) is 44.8 Å². The number of hydrogen-bond acceptors (Lipinski definition) is 2. The number of rotatable bonds is 4. The summed E-state index contributed by atoms with van der Waals surface area (Å²) in [4.78, 5) is 0. The summed E-state index contributed by atoms with van der Waals surface area (Å²) >= 11 is 0. The predicted octanol–water partition coefficient (Wildman–Crippen LogP) is 3.13. The third-order valence-corrected chi connectivity index (χ3v) is 3.27. The molecule has 2 atom stereocenters. The zero-order chi connectivity index (χ0) is 12.1. The average Bonchev–Trinajstić information content (AvgIpc) is 2.35. The zero-order valence-corrected chi connectivity index (χ0v) is 10.3. The van der Waals surface area contributed by atoms with Gasteiger partial charge in [0, 0.05) is 6.04 Å². The molecule has 0 radical (unpaired) electrons. The quantitative estimate of drug-likeness (QED) is 0.868. The molecule has 1 saturated carbocycles. The molecule has 3 heteroatoms. The molecule has 1 aliphatic rings. The Balaban J connectivity index is 1.97. The van der Waals surface area contributed by atoms with Gasteiger partial charge in [-0.2, -0.15) is 0 Å². The van der Waals surface area contributed by atoms with Crippen molar-refractivity contribution in [3.05, 3.63) is 30.1 Å². The summed E-state index contributed by atoms with van der Waals surface area (Å²) in [5, 5.41) is 3.47. The van der Waals surface area contributed by atoms with Crippen molar-refractivity contribution in [3.63, 3.8) is 0 Å². The predicted molar refractivity (Wildman–Crippen MR) is 66.7 cm³/mol. The highest BCUT2D eigenvalue weighted by atomic mass is 19.1. The summed E-state index contributed by atoms with van der Waals surface area (Å²) in [6.45, 7) is 3.08. The smallest absolute Gasteiger partial charge is 0.123 e. The maximum absolute atomic E-state index is 12.8. The molecule has 0 spiro atoms. The fourth-order valence-electron chi connectivity index (χ4n) is 2.42. The molecule has 94 valence electrons. The Hall–Kier alpha value is -1.09. The van der Waals surface area contributed by atoms with Crippen molar-refractivity contribution in [2.24, 2.45) is 0 Å². The van der Waals surface area contributed by atoms with E-state index in [-0.39, 0.29) is 11.9 Å². The van der Waals surface area contributed by atoms with Gasteiger partial charge in [-0.3, -0.25) is 0 Å². The van der Waals surface area contributed by atoms with Gasteiger partial charge >= 0.3 is 0 Å². The second-order valence-corrected chi connectivity index (χ2v) is 4.56. The summed E-state index contributed by atoms with van der Waals surface area (Å²) in [6, 6.07) is 6.72. The monoisotopic (exact) mass is 237 g/mol. The summed E-state index contributed by atoms with van der Waals surface area (Å²) in [7, 11) is 0. The Kier molecular flexibility index (Phi) is 4.37. The van der Waals surface area contributed by atoms with Crippen LogP contribution in [0, 0.1) is 5.82 Å². The van der Waals surface area contributed by atoms with E-state index < -0.39 is 0 Å². The number of halogens is 1. The Morgan fingerprint density at radius 2 is 1.94 bits per heavy atom. The fraction of sp³-hybridized carbons (Fsp3) is 0.571. The molecule has 0 aromatic heterocycles. The van der Waals surface area contributed by atoms with Gasteiger partial charge in [0.25, 0.3) is 0 Å². The third kappa shape index (κ3) is 3.43. The summed E-state index contributed by atoms with van der Waals surface area (Å²) < 4.78 is 18.7. The first kappa shape index (κ1) is 12.4. The number of nitrogens with one attached hydrogen (secondary N) is 1. The molecule has 1 aromatic carbocycles. The van der Waals surface area contributed by atoms with E-state index in [9.17, 15) is 4.39 Å². The minimum absolute atomic E-state index is 0.217. The van der Waals surface area contributed by atoms with E-state index in [1.807, 2.05) is 0 Å². The Morgan fingerprint density at radius 3 is 2.65 bits per heavy atom. The van der Waals surface area contributed by atoms with Crippen LogP contribution in [-0.4, -0.2) is 18.7 Å². The first-order valence-electron chi connectivity index (χ1n) is 6.45. The van der Waals surface area contributed by atoms with E-state index in [1.165, 1.54) is 31.4 Å². The summed E-state index contributed by atoms with van der Waals surface area (Å²) in [5.41, 5.74) is 0. The minimum Gasteiger partial charge on any atom is -0.489 e. The molecule has 0 aliphatic heterocycles. The van der Waals surface area contributed by atoms with Gasteiger partial charge in [-0.25, -0.2) is 4.39 Å². The molecule has 1 aliphatic carbocycles. The Morgan fingerprint density at radius 1 is 1.24 bits per heavy atom. The van der Waals surface area contributed by atoms with E-state index >= 15 is 0 Å². The molecule has 2 unspecified atom stereocenters. The lowest BCUT2D eigenvalue weighted by Crippen LogP contribution is -2.45. The lowest BCUT2D eigenvalue weighted by molar-refractivity contribution is 0.115. The van der Waals surface area contributed by atoms with Gasteiger partial charge in [0.2, 0.25) is 0 Å². The molecule has 1 fully saturated rings. The minimum atomic E-state index is -0.218. The van der Waals surface area contributed by atoms with Crippen LogP contribution in [0.3, 0.4) is 0 Å². The van der Waals surface area contributed by atoms with Crippen LogP contribution in [0.25, 0.3) is 0 Å². The van der Waals surface area contributed by atoms with E-state index in [1.54, 1.807) is 12.1 Å². The van der Waals surface area contributed by atoms with Crippen LogP contribution in [0.5, 0.6) is 5.75 Å². The summed E-state index contributed by atoms with van der Waals surface area (Å²) in [5.74, 6) is 0.547. The average molecular weight is 237 g/mol. The van der Waals surface area contributed by atoms with Crippen LogP contribution in [0.2, 0.25) is 0 Å². The van der Waals surface area contributed by atoms with Crippen LogP contribution in [-0.2, 0) is 0 Å². The van der Waals surface area contributed by atoms with E-state index in [4.69, 9.17) is 4.74 Å². The Bertz CT molecular complexity index is 337. The lowest BCUT2D eigenvalue weighted by Gasteiger charge is -2.32. The maximum atomic E-state index is 12.8. The van der Waals surface area contributed by atoms with E-state index in [2.05, 4.69) is 12.2 Å². The summed E-state index contributed by atoms with van der Waals surface area (Å²) in [6.07, 6.45) is 4.94. The molecule has 0 saturated heterocycles. The van der Waals surface area contributed by atoms with Gasteiger partial charge in [-0.05, 0) is 50.1 Å². The van der Waals surface area contributed by atoms with Gasteiger partial charge in [0.05, 0.1) is 0 Å². The van der Waals surface area contributed by atoms with Gasteiger partial charge in [-0.15, -0.1) is 0 Å². The van der Waals surface area contributed by atoms with Crippen molar-refractivity contribution in [1.29, 1.82) is 0 Å². The van der Waals surface area contributed by atoms with Crippen LogP contribution in [0.15, 0.2) is 24.3 Å². The largest absolute Gasteiger partial charge is 0.489 e. The molecular weight excluding hydrogens is 217 g/mol. The normalized spacial score (nSPS) is 24.6. The number of likely N-dealkylation sites (N-methyl/N-ethyl adjacent to an activating group) is 1. The van der Waals surface area contributed by atoms with Crippen molar-refractivity contribution in [1.82, 2.24) is 5.32 Å². The molecule has 2 rings (SSSR count). The topological polar surface area (TPSA) is 21.3 Å². The number of hydrogen-bond donors (Lipinski definition) is 1. The molecule has 0 bridgehead atoms. The highest BCUT2D eigenvalue weighted by molar-refractivity contribution is 5.22. The van der Waals surface area contributed by atoms with Gasteiger partial charge in [0.1, 0.15) is 17.7 Å². The molecule has 1 N–H and O–H groups in total. The molecule has 2 nitrogen and oxygen atoms in total. The fourth-order valence-corrected chi connectivity index (χ4v) is 2.42. The van der Waals surface area contributed by atoms with E-state index in [0.29, 0.717) is 6.04 Å². The van der Waals surface area contributed by atoms with Gasteiger partial charge in [-0.1, -0.05) is 13.3 Å². The third-order valence-electron chi connectivity index (χ3n) is 3.27. The highest BCUT2D eigenvalue weighted by Gasteiger charge is 2.25. The first-order chi connectivity index (χ1) is 8.29. The van der Waals surface area contributed by atoms with Gasteiger partial charge < -0.3 is 10.1 Å². The van der Waals surface area contributed by atoms with Crippen LogP contribution in [0.4, 0.5) is 4.39 Å². The van der Waals surface area contributed by atoms with Crippen molar-refractivity contribution < 1.29 is 9.13 Å². The molecule has 0 amide bonds. The molecule has 0 heterocycles. The zero-order valence-electron chi connectivity index (χ0n) is 10.3. The van der Waals surface area contributed by atoms with Crippen molar-refractivity contribution in [3.8, 4) is 5.75 Å². The second kappa shape index (κ2) is 6.01. The maximum Gasteiger partial charge on any atom is 0.123 e. The second-order valence-electron chi connectivity index (χ2n) is 4.56. The molecule has 17 heavy (non-hydrogen) atoms. The molecular formula is C14H20FNO. The SMILES string of the molecule is CCNC1CCCCC1Oc1ccc(F)cc1. The standard InChI is InChI=1S/C14H20FNO/c1-2-16-13-5-3-4-6-14(13)17-12-9-7-11(15)8-10-12/h7-10,13-14,16H,2-6H2,1H3. The first-order valence-corrected chi connectivity index (χ1v) is 6.45. The van der Waals surface area contributed by atoms with Crippen LogP contribution >= 0.6 is 0 Å². The lowest BCUT2D eigenvalue weighted by atomic mass is 9.92. The highest BCUT2D eigenvalue weighted by Crippen LogP contribution is 2.24. The number of ether oxygens (including phenoxy) is 1. The van der Waals surface area contributed by atoms with Crippen LogP contribution < -0.4 is 10.1 Å². The van der Waals surface area contributed by atoms with Crippen molar-refractivity contribution >= 4 is 0 Å². The van der Waals surface area contributed by atoms with Gasteiger partial charge in [0.15, 0.2) is 0 Å². The van der Waals surface area contributed by atoms with Crippen LogP contribution in [0.1, 0.15) is 32.6 Å². The molecule has 1 aromatic rings.